The maximum Gasteiger partial charge on any atom is 0.330 e. The van der Waals surface area contributed by atoms with Crippen molar-refractivity contribution in [2.45, 2.75) is 45.7 Å². The fourth-order valence-corrected chi connectivity index (χ4v) is 4.17. The largest absolute Gasteiger partial charge is 0.330 e. The summed E-state index contributed by atoms with van der Waals surface area (Å²) in [6.45, 7) is 4.64. The van der Waals surface area contributed by atoms with Gasteiger partial charge in [-0.25, -0.2) is 14.8 Å². The summed E-state index contributed by atoms with van der Waals surface area (Å²) >= 11 is 0. The molecule has 0 spiro atoms. The predicted octanol–water partition coefficient (Wildman–Crippen LogP) is 1.47. The van der Waals surface area contributed by atoms with Gasteiger partial charge in [-0.2, -0.15) is 0 Å². The van der Waals surface area contributed by atoms with Crippen molar-refractivity contribution in [3.8, 4) is 0 Å². The Morgan fingerprint density at radius 1 is 1.25 bits per heavy atom. The van der Waals surface area contributed by atoms with Crippen LogP contribution in [0.2, 0.25) is 0 Å². The van der Waals surface area contributed by atoms with Gasteiger partial charge in [0, 0.05) is 25.7 Å². The fraction of sp³-hybridized carbons (Fsp3) is 0.500. The number of amides is 1. The van der Waals surface area contributed by atoms with Gasteiger partial charge in [-0.05, 0) is 44.5 Å². The third kappa shape index (κ3) is 4.50. The number of hydrogen-bond donors (Lipinski definition) is 2. The van der Waals surface area contributed by atoms with E-state index in [1.54, 1.807) is 21.4 Å². The first-order valence-corrected chi connectivity index (χ1v) is 11.1. The van der Waals surface area contributed by atoms with Crippen molar-refractivity contribution >= 4 is 22.9 Å². The minimum absolute atomic E-state index is 0.00226. The number of carbonyl (C=O) groups excluding carboxylic acids is 1. The van der Waals surface area contributed by atoms with Crippen molar-refractivity contribution in [2.75, 3.05) is 18.4 Å². The van der Waals surface area contributed by atoms with E-state index < -0.39 is 11.2 Å². The van der Waals surface area contributed by atoms with E-state index in [1.807, 2.05) is 19.2 Å². The molecule has 0 aromatic carbocycles. The smallest absolute Gasteiger partial charge is 0.324 e. The Labute approximate surface area is 185 Å². The summed E-state index contributed by atoms with van der Waals surface area (Å²) in [5, 5.41) is 2.88. The molecule has 2 N–H and O–H groups in total. The number of rotatable bonds is 7. The minimum atomic E-state index is -0.416. The van der Waals surface area contributed by atoms with Crippen molar-refractivity contribution in [3.05, 3.63) is 51.1 Å². The van der Waals surface area contributed by atoms with Crippen LogP contribution in [0.15, 0.2) is 34.0 Å². The number of likely N-dealkylation sites (tertiary alicyclic amines) is 1. The molecule has 1 amide bonds. The Balaban J connectivity index is 1.45. The molecule has 3 aromatic rings. The predicted molar refractivity (Wildman–Crippen MR) is 121 cm³/mol. The maximum atomic E-state index is 12.5. The van der Waals surface area contributed by atoms with Crippen LogP contribution in [0.5, 0.6) is 0 Å². The van der Waals surface area contributed by atoms with Crippen LogP contribution in [0.1, 0.15) is 38.4 Å². The second-order valence-corrected chi connectivity index (χ2v) is 8.28. The summed E-state index contributed by atoms with van der Waals surface area (Å²) < 4.78 is 3.33. The van der Waals surface area contributed by atoms with Crippen LogP contribution in [0.25, 0.3) is 11.2 Å². The van der Waals surface area contributed by atoms with Crippen LogP contribution in [-0.2, 0) is 24.9 Å². The average molecular weight is 440 g/mol. The summed E-state index contributed by atoms with van der Waals surface area (Å²) in [4.78, 5) is 50.7. The topological polar surface area (TPSA) is 118 Å². The number of H-pyrrole nitrogens is 1. The van der Waals surface area contributed by atoms with Crippen molar-refractivity contribution in [1.29, 1.82) is 0 Å². The number of unbranched alkanes of at least 4 members (excludes halogenated alkanes) is 1. The number of nitrogens with zero attached hydrogens (tertiary/aromatic N) is 5. The van der Waals surface area contributed by atoms with Crippen LogP contribution < -0.4 is 16.6 Å². The highest BCUT2D eigenvalue weighted by molar-refractivity contribution is 5.91. The van der Waals surface area contributed by atoms with E-state index in [0.717, 1.165) is 44.6 Å². The third-order valence-electron chi connectivity index (χ3n) is 6.08. The Kier molecular flexibility index (Phi) is 6.50. The molecule has 0 aliphatic carbocycles. The molecule has 0 saturated carbocycles. The number of aromatic nitrogens is 5. The number of hydrogen-bond acceptors (Lipinski definition) is 6. The molecule has 10 nitrogen and oxygen atoms in total. The number of piperidine rings is 1. The molecule has 1 aliphatic heterocycles. The first kappa shape index (κ1) is 21.9. The standard InChI is InChI=1S/C22H29N7O3/c1-3-4-11-29-19-18(21(31)26-22(29)32)27(2)17(25-19)14-28-12-8-15(9-13-28)20(30)24-16-7-5-6-10-23-16/h5-7,10,15H,3-4,8-9,11-14H2,1-2H3,(H,23,24,30)(H,26,31,32). The Morgan fingerprint density at radius 3 is 2.72 bits per heavy atom. The molecule has 0 atom stereocenters. The number of aromatic amines is 1. The van der Waals surface area contributed by atoms with E-state index in [4.69, 9.17) is 0 Å². The number of aryl methyl sites for hydroxylation is 2. The van der Waals surface area contributed by atoms with Gasteiger partial charge in [0.05, 0.1) is 6.54 Å². The van der Waals surface area contributed by atoms with E-state index in [0.29, 0.717) is 30.1 Å². The number of nitrogens with one attached hydrogen (secondary N) is 2. The van der Waals surface area contributed by atoms with Gasteiger partial charge < -0.3 is 9.88 Å². The molecular formula is C22H29N7O3. The Bertz CT molecular complexity index is 1200. The van der Waals surface area contributed by atoms with Gasteiger partial charge in [-0.1, -0.05) is 19.4 Å². The lowest BCUT2D eigenvalue weighted by Gasteiger charge is -2.30. The molecule has 0 unspecified atom stereocenters. The second kappa shape index (κ2) is 9.47. The van der Waals surface area contributed by atoms with Crippen molar-refractivity contribution in [2.24, 2.45) is 13.0 Å². The fourth-order valence-electron chi connectivity index (χ4n) is 4.17. The normalized spacial score (nSPS) is 15.3. The van der Waals surface area contributed by atoms with Crippen molar-refractivity contribution in [1.82, 2.24) is 29.0 Å². The molecular weight excluding hydrogens is 410 g/mol. The molecule has 4 heterocycles. The van der Waals surface area contributed by atoms with E-state index in [1.165, 1.54) is 0 Å². The van der Waals surface area contributed by atoms with Gasteiger partial charge >= 0.3 is 5.69 Å². The monoisotopic (exact) mass is 439 g/mol. The molecule has 1 aliphatic rings. The molecule has 0 bridgehead atoms. The van der Waals surface area contributed by atoms with Crippen molar-refractivity contribution in [3.63, 3.8) is 0 Å². The molecule has 170 valence electrons. The zero-order chi connectivity index (χ0) is 22.7. The van der Waals surface area contributed by atoms with E-state index in [9.17, 15) is 14.4 Å². The Morgan fingerprint density at radius 2 is 2.03 bits per heavy atom. The quantitative estimate of drug-likeness (QED) is 0.576. The summed E-state index contributed by atoms with van der Waals surface area (Å²) in [6.07, 6.45) is 4.91. The van der Waals surface area contributed by atoms with Crippen LogP contribution in [0.3, 0.4) is 0 Å². The number of anilines is 1. The zero-order valence-corrected chi connectivity index (χ0v) is 18.5. The summed E-state index contributed by atoms with van der Waals surface area (Å²) in [6, 6.07) is 5.43. The van der Waals surface area contributed by atoms with E-state index in [2.05, 4.69) is 32.1 Å². The molecule has 0 radical (unpaired) electrons. The lowest BCUT2D eigenvalue weighted by molar-refractivity contribution is -0.121. The van der Waals surface area contributed by atoms with Crippen LogP contribution in [0.4, 0.5) is 5.82 Å². The van der Waals surface area contributed by atoms with Gasteiger partial charge in [0.1, 0.15) is 11.6 Å². The van der Waals surface area contributed by atoms with Crippen molar-refractivity contribution < 1.29 is 4.79 Å². The highest BCUT2D eigenvalue weighted by Crippen LogP contribution is 2.21. The molecule has 4 rings (SSSR count). The summed E-state index contributed by atoms with van der Waals surface area (Å²) in [5.41, 5.74) is 0.0267. The van der Waals surface area contributed by atoms with E-state index >= 15 is 0 Å². The first-order chi connectivity index (χ1) is 15.5. The van der Waals surface area contributed by atoms with E-state index in [-0.39, 0.29) is 11.8 Å². The van der Waals surface area contributed by atoms with Gasteiger partial charge in [0.15, 0.2) is 11.2 Å². The molecule has 10 heteroatoms. The third-order valence-corrected chi connectivity index (χ3v) is 6.08. The summed E-state index contributed by atoms with van der Waals surface area (Å²) in [5.74, 6) is 1.24. The van der Waals surface area contributed by atoms with Gasteiger partial charge in [0.25, 0.3) is 5.56 Å². The van der Waals surface area contributed by atoms with Gasteiger partial charge in [0.2, 0.25) is 5.91 Å². The first-order valence-electron chi connectivity index (χ1n) is 11.1. The lowest BCUT2D eigenvalue weighted by atomic mass is 9.96. The highest BCUT2D eigenvalue weighted by atomic mass is 16.2. The molecule has 1 saturated heterocycles. The highest BCUT2D eigenvalue weighted by Gasteiger charge is 2.26. The average Bonchev–Trinajstić information content (AvgIpc) is 3.11. The lowest BCUT2D eigenvalue weighted by Crippen LogP contribution is -2.38. The van der Waals surface area contributed by atoms with Crippen LogP contribution in [-0.4, -0.2) is 48.0 Å². The summed E-state index contributed by atoms with van der Waals surface area (Å²) in [7, 11) is 1.81. The van der Waals surface area contributed by atoms with Gasteiger partial charge in [-0.15, -0.1) is 0 Å². The zero-order valence-electron chi connectivity index (χ0n) is 18.5. The maximum absolute atomic E-state index is 12.5. The second-order valence-electron chi connectivity index (χ2n) is 8.28. The van der Waals surface area contributed by atoms with Gasteiger partial charge in [-0.3, -0.25) is 24.0 Å². The SMILES string of the molecule is CCCCn1c(=O)[nH]c(=O)c2c1nc(CN1CCC(C(=O)Nc3ccccn3)CC1)n2C. The number of imidazole rings is 1. The minimum Gasteiger partial charge on any atom is -0.324 e. The number of carbonyl (C=O) groups is 1. The molecule has 32 heavy (non-hydrogen) atoms. The Hall–Kier alpha value is -3.27. The molecule has 1 fully saturated rings. The van der Waals surface area contributed by atoms with Crippen LogP contribution >= 0.6 is 0 Å². The molecule has 3 aromatic heterocycles. The number of fused-ring (bicyclic) bond motifs is 1. The number of pyridine rings is 1. The van der Waals surface area contributed by atoms with Crippen LogP contribution in [0, 0.1) is 5.92 Å².